The van der Waals surface area contributed by atoms with Gasteiger partial charge in [0.15, 0.2) is 5.96 Å². The number of aliphatic hydroxyl groups is 1. The van der Waals surface area contributed by atoms with Crippen molar-refractivity contribution in [3.8, 4) is 0 Å². The quantitative estimate of drug-likeness (QED) is 0.132. The lowest BCUT2D eigenvalue weighted by molar-refractivity contribution is -0.129. The van der Waals surface area contributed by atoms with Gasteiger partial charge < -0.3 is 26.8 Å². The molecule has 3 aromatic rings. The number of aliphatic hydroxyl groups excluding tert-OH is 1. The fraction of sp³-hybridized carbons (Fsp3) is 0.250. The van der Waals surface area contributed by atoms with E-state index >= 15 is 0 Å². The van der Waals surface area contributed by atoms with Crippen LogP contribution >= 0.6 is 0 Å². The molecular formula is C28H33N5O3. The molecule has 8 heteroatoms. The van der Waals surface area contributed by atoms with Crippen molar-refractivity contribution in [3.05, 3.63) is 107 Å². The van der Waals surface area contributed by atoms with Gasteiger partial charge >= 0.3 is 0 Å². The maximum atomic E-state index is 13.6. The minimum atomic E-state index is -0.766. The van der Waals surface area contributed by atoms with E-state index < -0.39 is 12.0 Å². The summed E-state index contributed by atoms with van der Waals surface area (Å²) in [5.41, 5.74) is 8.71. The van der Waals surface area contributed by atoms with E-state index in [4.69, 9.17) is 11.1 Å². The molecule has 8 nitrogen and oxygen atoms in total. The number of carbonyl (C=O) groups excluding carboxylic acids is 2. The Morgan fingerprint density at radius 3 is 1.89 bits per heavy atom. The number of hydrogen-bond acceptors (Lipinski definition) is 4. The van der Waals surface area contributed by atoms with E-state index in [-0.39, 0.29) is 24.4 Å². The van der Waals surface area contributed by atoms with Gasteiger partial charge in [-0.3, -0.25) is 15.0 Å². The van der Waals surface area contributed by atoms with Crippen LogP contribution < -0.4 is 21.7 Å². The van der Waals surface area contributed by atoms with Crippen LogP contribution in [0.15, 0.2) is 84.9 Å². The standard InChI is InChI=1S/C28H33N5O3/c29-28(30)31-17-7-12-24(26(35)32-18-20-13-15-21(19-34)16-14-20)33-27(36)25(22-8-3-1-4-9-22)23-10-5-2-6-11-23/h1-6,8-11,13-16,24-25,34H,7,12,17-19H2,(H,32,35)(H,33,36)(H4,29,30,31)/t24-/m1/s1. The van der Waals surface area contributed by atoms with Gasteiger partial charge in [-0.2, -0.15) is 0 Å². The second-order valence-corrected chi connectivity index (χ2v) is 8.49. The maximum Gasteiger partial charge on any atom is 0.242 e. The molecule has 0 fully saturated rings. The second kappa shape index (κ2) is 13.7. The minimum Gasteiger partial charge on any atom is -0.392 e. The predicted octanol–water partition coefficient (Wildman–Crippen LogP) is 2.38. The Kier molecular flexibility index (Phi) is 10.0. The first kappa shape index (κ1) is 26.4. The fourth-order valence-corrected chi connectivity index (χ4v) is 3.91. The van der Waals surface area contributed by atoms with E-state index in [1.165, 1.54) is 0 Å². The summed E-state index contributed by atoms with van der Waals surface area (Å²) in [7, 11) is 0. The number of guanidine groups is 1. The molecular weight excluding hydrogens is 454 g/mol. The van der Waals surface area contributed by atoms with Crippen LogP contribution in [-0.2, 0) is 22.7 Å². The Hall–Kier alpha value is -4.17. The largest absolute Gasteiger partial charge is 0.392 e. The van der Waals surface area contributed by atoms with E-state index in [1.807, 2.05) is 72.8 Å². The molecule has 0 radical (unpaired) electrons. The van der Waals surface area contributed by atoms with Crippen LogP contribution in [0, 0.1) is 5.41 Å². The maximum absolute atomic E-state index is 13.6. The zero-order valence-corrected chi connectivity index (χ0v) is 20.1. The zero-order valence-electron chi connectivity index (χ0n) is 20.1. The smallest absolute Gasteiger partial charge is 0.242 e. The molecule has 3 rings (SSSR count). The number of amides is 2. The highest BCUT2D eigenvalue weighted by Crippen LogP contribution is 2.25. The van der Waals surface area contributed by atoms with Crippen molar-refractivity contribution in [2.24, 2.45) is 5.73 Å². The average Bonchev–Trinajstić information content (AvgIpc) is 2.90. The Morgan fingerprint density at radius 2 is 1.36 bits per heavy atom. The monoisotopic (exact) mass is 487 g/mol. The third-order valence-corrected chi connectivity index (χ3v) is 5.82. The Morgan fingerprint density at radius 1 is 0.806 bits per heavy atom. The molecule has 0 aliphatic rings. The summed E-state index contributed by atoms with van der Waals surface area (Å²) in [6, 6.07) is 25.5. The van der Waals surface area contributed by atoms with E-state index in [0.717, 1.165) is 22.3 Å². The van der Waals surface area contributed by atoms with Crippen molar-refractivity contribution in [1.29, 1.82) is 5.41 Å². The summed E-state index contributed by atoms with van der Waals surface area (Å²) in [5.74, 6) is -1.26. The summed E-state index contributed by atoms with van der Waals surface area (Å²) < 4.78 is 0. The Balaban J connectivity index is 1.74. The molecule has 0 bridgehead atoms. The molecule has 3 aromatic carbocycles. The number of carbonyl (C=O) groups is 2. The number of nitrogens with two attached hydrogens (primary N) is 1. The summed E-state index contributed by atoms with van der Waals surface area (Å²) >= 11 is 0. The molecule has 0 unspecified atom stereocenters. The van der Waals surface area contributed by atoms with Gasteiger partial charge in [0.2, 0.25) is 11.8 Å². The Labute approximate surface area is 211 Å². The fourth-order valence-electron chi connectivity index (χ4n) is 3.91. The molecule has 2 amide bonds. The van der Waals surface area contributed by atoms with Crippen molar-refractivity contribution in [1.82, 2.24) is 16.0 Å². The molecule has 36 heavy (non-hydrogen) atoms. The zero-order chi connectivity index (χ0) is 25.8. The van der Waals surface area contributed by atoms with Crippen molar-refractivity contribution >= 4 is 17.8 Å². The molecule has 0 aromatic heterocycles. The predicted molar refractivity (Wildman–Crippen MR) is 140 cm³/mol. The van der Waals surface area contributed by atoms with Gasteiger partial charge in [-0.1, -0.05) is 84.9 Å². The first-order valence-corrected chi connectivity index (χ1v) is 11.9. The number of nitrogens with one attached hydrogen (secondary N) is 4. The number of benzene rings is 3. The van der Waals surface area contributed by atoms with Gasteiger partial charge in [0.05, 0.1) is 12.5 Å². The highest BCUT2D eigenvalue weighted by molar-refractivity contribution is 5.92. The SMILES string of the molecule is N=C(N)NCCC[C@@H](NC(=O)C(c1ccccc1)c1ccccc1)C(=O)NCc1ccc(CO)cc1. The molecule has 188 valence electrons. The van der Waals surface area contributed by atoms with Gasteiger partial charge in [0, 0.05) is 13.1 Å². The van der Waals surface area contributed by atoms with Gasteiger partial charge in [-0.15, -0.1) is 0 Å². The molecule has 0 spiro atoms. The summed E-state index contributed by atoms with van der Waals surface area (Å²) in [4.78, 5) is 26.7. The van der Waals surface area contributed by atoms with Crippen molar-refractivity contribution in [2.75, 3.05) is 6.54 Å². The van der Waals surface area contributed by atoms with Crippen LogP contribution in [0.2, 0.25) is 0 Å². The molecule has 0 saturated heterocycles. The third kappa shape index (κ3) is 7.95. The van der Waals surface area contributed by atoms with Crippen LogP contribution in [0.3, 0.4) is 0 Å². The van der Waals surface area contributed by atoms with Crippen LogP contribution in [0.25, 0.3) is 0 Å². The van der Waals surface area contributed by atoms with Gasteiger partial charge in [-0.05, 0) is 35.1 Å². The van der Waals surface area contributed by atoms with Gasteiger partial charge in [-0.25, -0.2) is 0 Å². The summed E-state index contributed by atoms with van der Waals surface area (Å²) in [6.45, 7) is 0.668. The number of hydrogen-bond donors (Lipinski definition) is 6. The first-order valence-electron chi connectivity index (χ1n) is 11.9. The molecule has 1 atom stereocenters. The number of rotatable bonds is 12. The first-order chi connectivity index (χ1) is 17.5. The normalized spacial score (nSPS) is 11.5. The molecule has 0 aliphatic carbocycles. The third-order valence-electron chi connectivity index (χ3n) is 5.82. The minimum absolute atomic E-state index is 0.0426. The molecule has 0 heterocycles. The van der Waals surface area contributed by atoms with Gasteiger partial charge in [0.1, 0.15) is 6.04 Å². The van der Waals surface area contributed by atoms with E-state index in [0.29, 0.717) is 25.9 Å². The summed E-state index contributed by atoms with van der Waals surface area (Å²) in [6.07, 6.45) is 0.905. The van der Waals surface area contributed by atoms with Crippen molar-refractivity contribution < 1.29 is 14.7 Å². The molecule has 7 N–H and O–H groups in total. The second-order valence-electron chi connectivity index (χ2n) is 8.49. The lowest BCUT2D eigenvalue weighted by atomic mass is 9.90. The van der Waals surface area contributed by atoms with E-state index in [1.54, 1.807) is 12.1 Å². The van der Waals surface area contributed by atoms with Gasteiger partial charge in [0.25, 0.3) is 0 Å². The van der Waals surface area contributed by atoms with Crippen LogP contribution in [-0.4, -0.2) is 35.5 Å². The highest BCUT2D eigenvalue weighted by atomic mass is 16.3. The molecule has 0 aliphatic heterocycles. The van der Waals surface area contributed by atoms with Crippen molar-refractivity contribution in [3.63, 3.8) is 0 Å². The Bertz CT molecular complexity index is 1080. The lowest BCUT2D eigenvalue weighted by Crippen LogP contribution is -2.48. The van der Waals surface area contributed by atoms with Crippen LogP contribution in [0.1, 0.15) is 41.0 Å². The topological polar surface area (TPSA) is 140 Å². The molecule has 0 saturated carbocycles. The van der Waals surface area contributed by atoms with E-state index in [9.17, 15) is 14.7 Å². The average molecular weight is 488 g/mol. The van der Waals surface area contributed by atoms with Crippen LogP contribution in [0.4, 0.5) is 0 Å². The van der Waals surface area contributed by atoms with Crippen LogP contribution in [0.5, 0.6) is 0 Å². The highest BCUT2D eigenvalue weighted by Gasteiger charge is 2.27. The lowest BCUT2D eigenvalue weighted by Gasteiger charge is -2.23. The van der Waals surface area contributed by atoms with Crippen molar-refractivity contribution in [2.45, 2.75) is 38.0 Å². The van der Waals surface area contributed by atoms with E-state index in [2.05, 4.69) is 16.0 Å². The summed E-state index contributed by atoms with van der Waals surface area (Å²) in [5, 5.41) is 25.1.